The molecule has 4 fully saturated rings. The van der Waals surface area contributed by atoms with Crippen LogP contribution in [0.15, 0.2) is 113 Å². The van der Waals surface area contributed by atoms with E-state index in [-0.39, 0.29) is 34.4 Å². The number of nitro groups is 1. The van der Waals surface area contributed by atoms with Crippen LogP contribution in [0.25, 0.3) is 11.0 Å². The molecule has 1 amide bonds. The lowest BCUT2D eigenvalue weighted by molar-refractivity contribution is -0.384. The first-order valence-electron chi connectivity index (χ1n) is 26.2. The van der Waals surface area contributed by atoms with Crippen molar-refractivity contribution in [3.8, 4) is 17.2 Å². The second kappa shape index (κ2) is 21.5. The summed E-state index contributed by atoms with van der Waals surface area (Å²) in [6.07, 6.45) is 10.4. The average Bonchev–Trinajstić information content (AvgIpc) is 3.86. The molecule has 4 aliphatic rings. The van der Waals surface area contributed by atoms with E-state index in [4.69, 9.17) is 9.47 Å². The molecule has 2 saturated carbocycles. The second-order valence-electron chi connectivity index (χ2n) is 21.9. The van der Waals surface area contributed by atoms with Crippen molar-refractivity contribution < 1.29 is 32.7 Å². The minimum absolute atomic E-state index is 0.0309. The van der Waals surface area contributed by atoms with Crippen LogP contribution in [-0.2, 0) is 16.6 Å². The van der Waals surface area contributed by atoms with Gasteiger partial charge >= 0.3 is 0 Å². The SMILES string of the molecule is COc1ccc(CN2CCN(C3CC4(CCN(c5ccc(C(=O)NS(=O)(=O)c6ccc(NCC7CCC(C)(O)CC7)c([N+](=O)[O-])c6)c(Oc6cnc7[nH]ccc7c6)c5)CC4)C3)C(c3ccccc3C(C)C)C2)cc1Br. The van der Waals surface area contributed by atoms with E-state index in [1.807, 2.05) is 25.1 Å². The first-order chi connectivity index (χ1) is 35.9. The van der Waals surface area contributed by atoms with Crippen LogP contribution in [0.3, 0.4) is 0 Å². The number of halogens is 1. The molecule has 2 aliphatic carbocycles. The molecule has 4 aromatic carbocycles. The molecule has 18 heteroatoms. The fraction of sp³-hybridized carbons (Fsp3) is 0.439. The van der Waals surface area contributed by atoms with E-state index in [0.717, 1.165) is 105 Å². The third kappa shape index (κ3) is 11.6. The van der Waals surface area contributed by atoms with Gasteiger partial charge in [0.05, 0.1) is 38.8 Å². The first-order valence-corrected chi connectivity index (χ1v) is 28.4. The highest BCUT2D eigenvalue weighted by molar-refractivity contribution is 9.10. The second-order valence-corrected chi connectivity index (χ2v) is 24.4. The molecule has 10 rings (SSSR count). The Hall–Kier alpha value is -6.05. The van der Waals surface area contributed by atoms with Crippen LogP contribution in [0.2, 0.25) is 0 Å². The summed E-state index contributed by atoms with van der Waals surface area (Å²) in [5.74, 6) is 0.984. The number of fused-ring (bicyclic) bond motifs is 1. The number of hydrogen-bond donors (Lipinski definition) is 4. The van der Waals surface area contributed by atoms with Crippen LogP contribution in [0, 0.1) is 21.4 Å². The Morgan fingerprint density at radius 1 is 0.960 bits per heavy atom. The molecule has 0 bridgehead atoms. The van der Waals surface area contributed by atoms with Gasteiger partial charge in [0.15, 0.2) is 0 Å². The van der Waals surface area contributed by atoms with Gasteiger partial charge in [0.1, 0.15) is 28.6 Å². The quantitative estimate of drug-likeness (QED) is 0.0528. The molecule has 1 spiro atoms. The van der Waals surface area contributed by atoms with Crippen molar-refractivity contribution in [1.29, 1.82) is 0 Å². The van der Waals surface area contributed by atoms with Crippen LogP contribution < -0.4 is 24.4 Å². The fourth-order valence-electron chi connectivity index (χ4n) is 12.0. The molecule has 0 radical (unpaired) electrons. The molecule has 2 aromatic heterocycles. The third-order valence-electron chi connectivity index (χ3n) is 16.4. The minimum Gasteiger partial charge on any atom is -0.496 e. The molecular weight excluding hydrogens is 1040 g/mol. The van der Waals surface area contributed by atoms with Gasteiger partial charge in [-0.3, -0.25) is 24.7 Å². The zero-order chi connectivity index (χ0) is 52.6. The number of hydrogen-bond acceptors (Lipinski definition) is 13. The van der Waals surface area contributed by atoms with Crippen molar-refractivity contribution in [1.82, 2.24) is 24.5 Å². The number of carbonyl (C=O) groups excluding carboxylic acids is 1. The van der Waals surface area contributed by atoms with Gasteiger partial charge in [-0.1, -0.05) is 44.2 Å². The van der Waals surface area contributed by atoms with Gasteiger partial charge < -0.3 is 29.8 Å². The fourth-order valence-corrected chi connectivity index (χ4v) is 13.6. The highest BCUT2D eigenvalue weighted by Gasteiger charge is 2.50. The number of ether oxygens (including phenoxy) is 2. The number of benzene rings is 4. The van der Waals surface area contributed by atoms with Gasteiger partial charge in [0, 0.05) is 87.3 Å². The lowest BCUT2D eigenvalue weighted by Crippen LogP contribution is -2.60. The molecule has 2 aliphatic heterocycles. The van der Waals surface area contributed by atoms with Crippen molar-refractivity contribution in [3.63, 3.8) is 0 Å². The summed E-state index contributed by atoms with van der Waals surface area (Å²) in [7, 11) is -2.90. The van der Waals surface area contributed by atoms with Crippen LogP contribution >= 0.6 is 15.9 Å². The molecule has 75 heavy (non-hydrogen) atoms. The Bertz CT molecular complexity index is 3180. The predicted molar refractivity (Wildman–Crippen MR) is 294 cm³/mol. The molecule has 16 nitrogen and oxygen atoms in total. The topological polar surface area (TPSA) is 195 Å². The number of piperazine rings is 1. The number of aliphatic hydroxyl groups is 1. The van der Waals surface area contributed by atoms with E-state index in [1.165, 1.54) is 28.8 Å². The highest BCUT2D eigenvalue weighted by atomic mass is 79.9. The summed E-state index contributed by atoms with van der Waals surface area (Å²) >= 11 is 3.69. The minimum atomic E-state index is -4.59. The van der Waals surface area contributed by atoms with Gasteiger partial charge in [-0.05, 0) is 157 Å². The largest absolute Gasteiger partial charge is 0.496 e. The summed E-state index contributed by atoms with van der Waals surface area (Å²) in [5.41, 5.74) is 4.81. The Kier molecular flexibility index (Phi) is 15.0. The van der Waals surface area contributed by atoms with Gasteiger partial charge in [-0.2, -0.15) is 0 Å². The summed E-state index contributed by atoms with van der Waals surface area (Å²) in [5, 5.41) is 26.5. The number of aromatic amines is 1. The molecule has 396 valence electrons. The number of anilines is 2. The van der Waals surface area contributed by atoms with Gasteiger partial charge in [0.2, 0.25) is 0 Å². The number of aromatic nitrogens is 2. The van der Waals surface area contributed by atoms with Crippen LogP contribution in [0.5, 0.6) is 17.2 Å². The number of nitrogens with one attached hydrogen (secondary N) is 3. The van der Waals surface area contributed by atoms with Crippen molar-refractivity contribution in [2.45, 2.75) is 107 Å². The molecule has 1 unspecified atom stereocenters. The number of carbonyl (C=O) groups is 1. The van der Waals surface area contributed by atoms with Crippen molar-refractivity contribution >= 4 is 60.0 Å². The molecular formula is C57H67BrN8O8S. The van der Waals surface area contributed by atoms with E-state index in [2.05, 4.69) is 101 Å². The Balaban J connectivity index is 0.831. The number of nitrogens with zero attached hydrogens (tertiary/aromatic N) is 5. The molecule has 6 aromatic rings. The van der Waals surface area contributed by atoms with Crippen molar-refractivity contribution in [2.75, 3.05) is 56.6 Å². The number of sulfonamides is 1. The third-order valence-corrected chi connectivity index (χ3v) is 18.3. The van der Waals surface area contributed by atoms with Gasteiger partial charge in [0.25, 0.3) is 21.6 Å². The van der Waals surface area contributed by atoms with E-state index in [0.29, 0.717) is 42.7 Å². The van der Waals surface area contributed by atoms with Crippen LogP contribution in [0.4, 0.5) is 17.1 Å². The number of piperidine rings is 1. The number of methoxy groups -OCH3 is 1. The Morgan fingerprint density at radius 3 is 2.47 bits per heavy atom. The number of H-pyrrole nitrogens is 1. The maximum Gasteiger partial charge on any atom is 0.293 e. The number of rotatable bonds is 16. The lowest BCUT2D eigenvalue weighted by atomic mass is 9.59. The number of amides is 1. The van der Waals surface area contributed by atoms with Crippen molar-refractivity contribution in [2.24, 2.45) is 11.3 Å². The smallest absolute Gasteiger partial charge is 0.293 e. The Labute approximate surface area is 447 Å². The Morgan fingerprint density at radius 2 is 1.73 bits per heavy atom. The molecule has 1 atom stereocenters. The summed E-state index contributed by atoms with van der Waals surface area (Å²) in [4.78, 5) is 40.5. The van der Waals surface area contributed by atoms with Crippen LogP contribution in [0.1, 0.15) is 111 Å². The number of pyridine rings is 1. The highest BCUT2D eigenvalue weighted by Crippen LogP contribution is 2.53. The summed E-state index contributed by atoms with van der Waals surface area (Å²) < 4.78 is 42.8. The maximum atomic E-state index is 14.1. The van der Waals surface area contributed by atoms with E-state index < -0.39 is 37.0 Å². The monoisotopic (exact) mass is 1100 g/mol. The normalized spacial score (nSPS) is 21.5. The predicted octanol–water partition coefficient (Wildman–Crippen LogP) is 10.9. The van der Waals surface area contributed by atoms with Crippen LogP contribution in [-0.4, -0.2) is 102 Å². The first kappa shape index (κ1) is 52.4. The maximum absolute atomic E-state index is 14.1. The standard InChI is InChI=1S/C57H67BrN8O8S/c1-37(2)45-7-5-6-8-46(45)51-36-63(35-39-9-14-52(73-4)48(58)27-39)25-26-65(51)42-31-57(32-42)20-23-64(24-21-57)41-10-12-47(53(29-41)74-43-28-40-17-22-59-54(40)61-34-43)55(67)62-75(71,72)44-11-13-49(50(30-44)66(69)70)60-33-38-15-18-56(3,68)19-16-38/h5-14,17,22,27-30,34,37-38,42,51,60,68H,15-16,18-21,23-26,31-33,35-36H2,1-4H3,(H,59,61)(H,62,67). The zero-order valence-electron chi connectivity index (χ0n) is 43.1. The molecule has 4 heterocycles. The van der Waals surface area contributed by atoms with Gasteiger partial charge in [-0.25, -0.2) is 18.1 Å². The average molecular weight is 1100 g/mol. The number of nitro benzene ring substituents is 1. The van der Waals surface area contributed by atoms with E-state index >= 15 is 0 Å². The summed E-state index contributed by atoms with van der Waals surface area (Å²) in [6, 6.07) is 28.5. The van der Waals surface area contributed by atoms with E-state index in [1.54, 1.807) is 37.7 Å². The van der Waals surface area contributed by atoms with Gasteiger partial charge in [-0.15, -0.1) is 0 Å². The lowest BCUT2D eigenvalue weighted by Gasteiger charge is -2.58. The van der Waals surface area contributed by atoms with E-state index in [9.17, 15) is 28.4 Å². The zero-order valence-corrected chi connectivity index (χ0v) is 45.5. The summed E-state index contributed by atoms with van der Waals surface area (Å²) in [6.45, 7) is 12.2. The molecule has 4 N–H and O–H groups in total. The molecule has 2 saturated heterocycles. The van der Waals surface area contributed by atoms with Crippen molar-refractivity contribution in [3.05, 3.63) is 140 Å².